The maximum Gasteiger partial charge on any atom is 0.326 e. The molecule has 0 bridgehead atoms. The van der Waals surface area contributed by atoms with Gasteiger partial charge in [0.05, 0.1) is 13.1 Å². The van der Waals surface area contributed by atoms with E-state index in [-0.39, 0.29) is 32.2 Å². The highest BCUT2D eigenvalue weighted by atomic mass is 16.4. The van der Waals surface area contributed by atoms with Crippen molar-refractivity contribution in [3.05, 3.63) is 36.0 Å². The molecular weight excluding hydrogens is 536 g/mol. The zero-order valence-corrected chi connectivity index (χ0v) is 22.6. The minimum absolute atomic E-state index is 0.0416. The van der Waals surface area contributed by atoms with Crippen LogP contribution in [0.15, 0.2) is 30.5 Å². The third kappa shape index (κ3) is 10.9. The largest absolute Gasteiger partial charge is 0.480 e. The van der Waals surface area contributed by atoms with Crippen LogP contribution in [0.3, 0.4) is 0 Å². The predicted octanol–water partition coefficient (Wildman–Crippen LogP) is -2.28. The van der Waals surface area contributed by atoms with E-state index >= 15 is 0 Å². The summed E-state index contributed by atoms with van der Waals surface area (Å²) in [4.78, 5) is 76.5. The summed E-state index contributed by atoms with van der Waals surface area (Å²) in [6.45, 7) is -0.399. The molecule has 0 radical (unpaired) electrons. The molecule has 0 aliphatic heterocycles. The highest BCUT2D eigenvalue weighted by Gasteiger charge is 2.30. The van der Waals surface area contributed by atoms with Crippen molar-refractivity contribution in [1.29, 1.82) is 0 Å². The number of nitrogens with one attached hydrogen (secondary N) is 5. The smallest absolute Gasteiger partial charge is 0.326 e. The van der Waals surface area contributed by atoms with Crippen molar-refractivity contribution in [2.45, 2.75) is 56.7 Å². The number of nitrogens with two attached hydrogens (primary N) is 3. The number of rotatable bonds is 18. The number of aliphatic carboxylic acids is 1. The van der Waals surface area contributed by atoms with Gasteiger partial charge in [0.25, 0.3) is 0 Å². The molecule has 12 N–H and O–H groups in total. The Kier molecular flexibility index (Phi) is 13.2. The number of hydrogen-bond donors (Lipinski definition) is 9. The number of fused-ring (bicyclic) bond motifs is 1. The van der Waals surface area contributed by atoms with Gasteiger partial charge in [-0.1, -0.05) is 18.2 Å². The molecule has 15 nitrogen and oxygen atoms in total. The Morgan fingerprint density at radius 3 is 2.20 bits per heavy atom. The molecule has 0 aliphatic rings. The summed E-state index contributed by atoms with van der Waals surface area (Å²) in [6, 6.07) is 3.63. The molecule has 15 heteroatoms. The van der Waals surface area contributed by atoms with Crippen molar-refractivity contribution in [3.8, 4) is 0 Å². The van der Waals surface area contributed by atoms with Crippen LogP contribution in [0.2, 0.25) is 0 Å². The molecule has 41 heavy (non-hydrogen) atoms. The van der Waals surface area contributed by atoms with Gasteiger partial charge in [-0.3, -0.25) is 24.0 Å². The maximum atomic E-state index is 13.5. The molecule has 2 rings (SSSR count). The highest BCUT2D eigenvalue weighted by molar-refractivity contribution is 5.95. The monoisotopic (exact) mass is 574 g/mol. The summed E-state index contributed by atoms with van der Waals surface area (Å²) in [5.74, 6) is -4.79. The minimum Gasteiger partial charge on any atom is -0.480 e. The second-order valence-corrected chi connectivity index (χ2v) is 9.41. The molecule has 5 amide bonds. The lowest BCUT2D eigenvalue weighted by Gasteiger charge is -2.24. The number of H-pyrrole nitrogens is 1. The number of unbranched alkanes of at least 4 members (excludes halogenated alkanes) is 1. The van der Waals surface area contributed by atoms with Gasteiger partial charge in [0.1, 0.15) is 18.1 Å². The van der Waals surface area contributed by atoms with Gasteiger partial charge >= 0.3 is 5.97 Å². The number of carboxylic acids is 1. The van der Waals surface area contributed by atoms with Gasteiger partial charge < -0.3 is 48.6 Å². The quantitative estimate of drug-likeness (QED) is 0.0867. The lowest BCUT2D eigenvalue weighted by Crippen LogP contribution is -2.57. The molecule has 0 fully saturated rings. The molecule has 0 saturated carbocycles. The van der Waals surface area contributed by atoms with Crippen molar-refractivity contribution < 1.29 is 33.9 Å². The highest BCUT2D eigenvalue weighted by Crippen LogP contribution is 2.19. The van der Waals surface area contributed by atoms with Gasteiger partial charge in [-0.25, -0.2) is 4.79 Å². The number of carbonyl (C=O) groups excluding carboxylic acids is 5. The fourth-order valence-electron chi connectivity index (χ4n) is 4.08. The molecule has 1 aromatic heterocycles. The Balaban J connectivity index is 2.26. The second-order valence-electron chi connectivity index (χ2n) is 9.41. The van der Waals surface area contributed by atoms with Crippen LogP contribution in [-0.2, 0) is 35.2 Å². The van der Waals surface area contributed by atoms with E-state index in [0.29, 0.717) is 24.9 Å². The van der Waals surface area contributed by atoms with Gasteiger partial charge in [0.15, 0.2) is 0 Å². The average molecular weight is 575 g/mol. The van der Waals surface area contributed by atoms with Crippen LogP contribution in [0, 0.1) is 0 Å². The van der Waals surface area contributed by atoms with Crippen molar-refractivity contribution in [2.75, 3.05) is 19.6 Å². The Morgan fingerprint density at radius 2 is 1.54 bits per heavy atom. The third-order valence-corrected chi connectivity index (χ3v) is 6.26. The van der Waals surface area contributed by atoms with E-state index in [9.17, 15) is 33.9 Å². The van der Waals surface area contributed by atoms with E-state index in [1.807, 2.05) is 24.3 Å². The van der Waals surface area contributed by atoms with Gasteiger partial charge in [-0.15, -0.1) is 0 Å². The first-order chi connectivity index (χ1) is 19.5. The number of carbonyl (C=O) groups is 6. The SMILES string of the molecule is NCCCC[C@H](NC(=O)[C@H](Cc1c[nH]c2ccccc12)NC(=O)CNC(=O)CN)C(=O)N[C@@H](CCC(N)=O)C(=O)O. The molecule has 2 aromatic rings. The molecule has 0 saturated heterocycles. The standard InChI is InChI=1S/C26H38N8O7/c27-10-4-3-7-18(24(38)34-19(26(40)41)8-9-21(29)35)33-25(39)20(32-23(37)14-31-22(36)12-28)11-15-13-30-17-6-2-1-5-16(15)17/h1-2,5-6,13,18-20,30H,3-4,7-12,14,27-28H2,(H2,29,35)(H,31,36)(H,32,37)(H,33,39)(H,34,38)(H,40,41)/t18-,19-,20-/m0/s1. The number of carboxylic acid groups (broad SMARTS) is 1. The van der Waals surface area contributed by atoms with Crippen molar-refractivity contribution >= 4 is 46.4 Å². The van der Waals surface area contributed by atoms with Gasteiger partial charge in [0.2, 0.25) is 29.5 Å². The number of hydrogen-bond acceptors (Lipinski definition) is 8. The van der Waals surface area contributed by atoms with Crippen LogP contribution in [-0.4, -0.2) is 83.4 Å². The lowest BCUT2D eigenvalue weighted by atomic mass is 10.0. The molecule has 1 aromatic carbocycles. The molecule has 1 heterocycles. The van der Waals surface area contributed by atoms with E-state index in [4.69, 9.17) is 17.2 Å². The first-order valence-electron chi connectivity index (χ1n) is 13.2. The molecular formula is C26H38N8O7. The summed E-state index contributed by atoms with van der Waals surface area (Å²) >= 11 is 0. The number of primary amides is 1. The summed E-state index contributed by atoms with van der Waals surface area (Å²) in [7, 11) is 0. The van der Waals surface area contributed by atoms with Crippen LogP contribution < -0.4 is 38.5 Å². The molecule has 0 spiro atoms. The second kappa shape index (κ2) is 16.6. The van der Waals surface area contributed by atoms with Crippen LogP contribution in [0.5, 0.6) is 0 Å². The van der Waals surface area contributed by atoms with E-state index in [1.54, 1.807) is 6.20 Å². The van der Waals surface area contributed by atoms with Gasteiger partial charge in [-0.05, 0) is 43.9 Å². The van der Waals surface area contributed by atoms with Crippen LogP contribution in [0.25, 0.3) is 10.9 Å². The summed E-state index contributed by atoms with van der Waals surface area (Å²) in [5.41, 5.74) is 17.5. The Morgan fingerprint density at radius 1 is 0.854 bits per heavy atom. The minimum atomic E-state index is -1.41. The van der Waals surface area contributed by atoms with Crippen LogP contribution >= 0.6 is 0 Å². The van der Waals surface area contributed by atoms with Crippen LogP contribution in [0.1, 0.15) is 37.7 Å². The van der Waals surface area contributed by atoms with E-state index < -0.39 is 60.2 Å². The summed E-state index contributed by atoms with van der Waals surface area (Å²) < 4.78 is 0. The fraction of sp³-hybridized carbons (Fsp3) is 0.462. The van der Waals surface area contributed by atoms with Crippen LogP contribution in [0.4, 0.5) is 0 Å². The summed E-state index contributed by atoms with van der Waals surface area (Å²) in [5, 5.41) is 20.2. The zero-order valence-electron chi connectivity index (χ0n) is 22.6. The van der Waals surface area contributed by atoms with Crippen molar-refractivity contribution in [2.24, 2.45) is 17.2 Å². The van der Waals surface area contributed by atoms with Crippen molar-refractivity contribution in [1.82, 2.24) is 26.3 Å². The van der Waals surface area contributed by atoms with E-state index in [2.05, 4.69) is 26.3 Å². The lowest BCUT2D eigenvalue weighted by molar-refractivity contribution is -0.142. The fourth-order valence-corrected chi connectivity index (χ4v) is 4.08. The first kappa shape index (κ1) is 32.7. The van der Waals surface area contributed by atoms with Gasteiger partial charge in [0, 0.05) is 29.9 Å². The first-order valence-corrected chi connectivity index (χ1v) is 13.2. The molecule has 0 unspecified atom stereocenters. The maximum absolute atomic E-state index is 13.5. The van der Waals surface area contributed by atoms with E-state index in [1.165, 1.54) is 0 Å². The number of aromatic amines is 1. The molecule has 224 valence electrons. The molecule has 0 aliphatic carbocycles. The number of aromatic nitrogens is 1. The zero-order chi connectivity index (χ0) is 30.4. The summed E-state index contributed by atoms with van der Waals surface area (Å²) in [6.07, 6.45) is 2.37. The van der Waals surface area contributed by atoms with E-state index in [0.717, 1.165) is 10.9 Å². The Hall–Kier alpha value is -4.50. The third-order valence-electron chi connectivity index (χ3n) is 6.26. The Bertz CT molecular complexity index is 1230. The number of para-hydroxylation sites is 1. The Labute approximate surface area is 236 Å². The van der Waals surface area contributed by atoms with Crippen molar-refractivity contribution in [3.63, 3.8) is 0 Å². The molecule has 3 atom stereocenters. The number of amides is 5. The normalized spacial score (nSPS) is 13.0. The number of benzene rings is 1. The topological polar surface area (TPSA) is 265 Å². The van der Waals surface area contributed by atoms with Gasteiger partial charge in [-0.2, -0.15) is 0 Å². The predicted molar refractivity (Wildman–Crippen MR) is 149 cm³/mol. The average Bonchev–Trinajstić information content (AvgIpc) is 3.35.